The molecule has 8 nitrogen and oxygen atoms in total. The van der Waals surface area contributed by atoms with Crippen LogP contribution in [0.5, 0.6) is 0 Å². The van der Waals surface area contributed by atoms with Crippen molar-refractivity contribution in [2.24, 2.45) is 0 Å². The van der Waals surface area contributed by atoms with Gasteiger partial charge in [-0.1, -0.05) is 19.9 Å². The van der Waals surface area contributed by atoms with E-state index < -0.39 is 0 Å². The van der Waals surface area contributed by atoms with Crippen LogP contribution in [0.25, 0.3) is 33.5 Å². The minimum absolute atomic E-state index is 0.527. The van der Waals surface area contributed by atoms with Gasteiger partial charge in [-0.3, -0.25) is 15.0 Å². The lowest BCUT2D eigenvalue weighted by atomic mass is 9.90. The van der Waals surface area contributed by atoms with Crippen LogP contribution in [0.15, 0.2) is 79.1 Å². The first kappa shape index (κ1) is 28.3. The molecule has 0 aliphatic carbocycles. The average Bonchev–Trinajstić information content (AvgIpc) is 3.46. The lowest BCUT2D eigenvalue weighted by Gasteiger charge is -2.23. The fraction of sp³-hybridized carbons (Fsp3) is 0.257. The Labute approximate surface area is 252 Å². The van der Waals surface area contributed by atoms with Crippen LogP contribution in [0.2, 0.25) is 0 Å². The number of nitrogens with one attached hydrogen (secondary N) is 3. The number of pyridine rings is 3. The zero-order chi connectivity index (χ0) is 29.8. The van der Waals surface area contributed by atoms with Gasteiger partial charge in [-0.15, -0.1) is 0 Å². The van der Waals surface area contributed by atoms with Gasteiger partial charge in [0.15, 0.2) is 5.82 Å². The fourth-order valence-electron chi connectivity index (χ4n) is 5.53. The number of hydrogen-bond donors (Lipinski definition) is 3. The summed E-state index contributed by atoms with van der Waals surface area (Å²) in [6, 6.07) is 22.8. The molecule has 0 bridgehead atoms. The minimum Gasteiger partial charge on any atom is -0.381 e. The molecular weight excluding hydrogens is 534 g/mol. The number of ether oxygens (including phenoxy) is 1. The van der Waals surface area contributed by atoms with Crippen LogP contribution in [-0.4, -0.2) is 38.1 Å². The van der Waals surface area contributed by atoms with E-state index in [9.17, 15) is 0 Å². The molecule has 3 N–H and O–H groups in total. The van der Waals surface area contributed by atoms with Crippen molar-refractivity contribution in [2.45, 2.75) is 46.5 Å². The highest BCUT2D eigenvalue weighted by Gasteiger charge is 2.17. The fourth-order valence-corrected chi connectivity index (χ4v) is 5.53. The van der Waals surface area contributed by atoms with Gasteiger partial charge in [0.05, 0.1) is 28.4 Å². The quantitative estimate of drug-likeness (QED) is 0.184. The second kappa shape index (κ2) is 12.6. The number of nitrogens with zero attached hydrogens (tertiary/aromatic N) is 4. The molecule has 0 saturated carbocycles. The Bertz CT molecular complexity index is 1860. The molecule has 43 heavy (non-hydrogen) atoms. The summed E-state index contributed by atoms with van der Waals surface area (Å²) in [5.74, 6) is 1.26. The highest BCUT2D eigenvalue weighted by atomic mass is 16.5. The van der Waals surface area contributed by atoms with Gasteiger partial charge in [-0.2, -0.15) is 0 Å². The first-order chi connectivity index (χ1) is 21.1. The average molecular weight is 572 g/mol. The van der Waals surface area contributed by atoms with Crippen LogP contribution in [0, 0.1) is 13.8 Å². The van der Waals surface area contributed by atoms with E-state index in [4.69, 9.17) is 19.7 Å². The van der Waals surface area contributed by atoms with E-state index in [2.05, 4.69) is 50.9 Å². The molecule has 2 aromatic carbocycles. The van der Waals surface area contributed by atoms with E-state index in [0.29, 0.717) is 5.92 Å². The molecule has 0 unspecified atom stereocenters. The molecule has 218 valence electrons. The summed E-state index contributed by atoms with van der Waals surface area (Å²) in [4.78, 5) is 22.0. The summed E-state index contributed by atoms with van der Waals surface area (Å²) in [5, 5.41) is 8.14. The van der Waals surface area contributed by atoms with E-state index >= 15 is 0 Å². The molecule has 1 aliphatic rings. The standard InChI is InChI=1S/C33H31N7O.C2H6/c1-20-15-25(9-12-34-20)37-24-4-7-29-32(18-24)40-33(39-29)30-8-5-26(19-35-30)38-31-16-21(2)36-28-6-3-23(17-27(28)31)22-10-13-41-14-11-22;1-2/h3-9,12,15-19,22H,10-11,13-14H2,1-2H3,(H,34,37)(H,36,38)(H,39,40);1-2H3. The molecule has 6 aromatic rings. The maximum absolute atomic E-state index is 5.57. The summed E-state index contributed by atoms with van der Waals surface area (Å²) >= 11 is 0. The number of hydrogen-bond acceptors (Lipinski definition) is 7. The Hall–Kier alpha value is -4.82. The number of aromatic amines is 1. The van der Waals surface area contributed by atoms with Crippen LogP contribution >= 0.6 is 0 Å². The largest absolute Gasteiger partial charge is 0.381 e. The van der Waals surface area contributed by atoms with Crippen LogP contribution in [-0.2, 0) is 4.74 Å². The van der Waals surface area contributed by atoms with E-state index in [1.165, 1.54) is 5.56 Å². The number of benzene rings is 2. The number of H-pyrrole nitrogens is 1. The smallest absolute Gasteiger partial charge is 0.157 e. The molecule has 8 heteroatoms. The van der Waals surface area contributed by atoms with Gasteiger partial charge < -0.3 is 20.4 Å². The summed E-state index contributed by atoms with van der Waals surface area (Å²) in [5.41, 5.74) is 10.8. The SMILES string of the molecule is CC.Cc1cc(Nc2ccc3nc(-c4ccc(Nc5cc(C)nc6ccc(C7CCOCC7)cc56)cn4)[nH]c3c2)ccn1. The summed E-state index contributed by atoms with van der Waals surface area (Å²) in [7, 11) is 0. The molecule has 0 spiro atoms. The van der Waals surface area contributed by atoms with Gasteiger partial charge in [0.1, 0.15) is 5.69 Å². The first-order valence-corrected chi connectivity index (χ1v) is 15.0. The lowest BCUT2D eigenvalue weighted by Crippen LogP contribution is -2.14. The third-order valence-corrected chi connectivity index (χ3v) is 7.61. The Kier molecular flexibility index (Phi) is 8.29. The molecule has 7 rings (SSSR count). The normalized spacial score (nSPS) is 13.5. The van der Waals surface area contributed by atoms with Crippen LogP contribution in [0.3, 0.4) is 0 Å². The number of rotatable bonds is 6. The third kappa shape index (κ3) is 6.34. The van der Waals surface area contributed by atoms with Crippen molar-refractivity contribution in [3.63, 3.8) is 0 Å². The Morgan fingerprint density at radius 2 is 1.53 bits per heavy atom. The van der Waals surface area contributed by atoms with Crippen molar-refractivity contribution < 1.29 is 4.74 Å². The van der Waals surface area contributed by atoms with E-state index in [-0.39, 0.29) is 0 Å². The Balaban J connectivity index is 0.00000161. The van der Waals surface area contributed by atoms with Crippen molar-refractivity contribution in [3.05, 3.63) is 96.1 Å². The van der Waals surface area contributed by atoms with Crippen molar-refractivity contribution in [1.29, 1.82) is 0 Å². The summed E-state index contributed by atoms with van der Waals surface area (Å²) in [6.07, 6.45) is 5.77. The van der Waals surface area contributed by atoms with Crippen molar-refractivity contribution in [3.8, 4) is 11.5 Å². The van der Waals surface area contributed by atoms with Crippen LogP contribution < -0.4 is 10.6 Å². The van der Waals surface area contributed by atoms with Gasteiger partial charge in [0.2, 0.25) is 0 Å². The second-order valence-electron chi connectivity index (χ2n) is 10.7. The predicted octanol–water partition coefficient (Wildman–Crippen LogP) is 8.59. The minimum atomic E-state index is 0.527. The van der Waals surface area contributed by atoms with Crippen LogP contribution in [0.1, 0.15) is 49.6 Å². The Morgan fingerprint density at radius 1 is 0.744 bits per heavy atom. The summed E-state index contributed by atoms with van der Waals surface area (Å²) < 4.78 is 5.57. The first-order valence-electron chi connectivity index (χ1n) is 15.0. The molecule has 5 heterocycles. The lowest BCUT2D eigenvalue weighted by molar-refractivity contribution is 0.0853. The van der Waals surface area contributed by atoms with E-state index in [1.54, 1.807) is 6.20 Å². The topological polar surface area (TPSA) is 101 Å². The highest BCUT2D eigenvalue weighted by molar-refractivity contribution is 5.94. The van der Waals surface area contributed by atoms with Gasteiger partial charge in [-0.25, -0.2) is 4.98 Å². The number of anilines is 4. The van der Waals surface area contributed by atoms with E-state index in [1.807, 2.05) is 70.3 Å². The van der Waals surface area contributed by atoms with E-state index in [0.717, 1.165) is 93.6 Å². The van der Waals surface area contributed by atoms with Crippen LogP contribution in [0.4, 0.5) is 22.7 Å². The molecule has 4 aromatic heterocycles. The van der Waals surface area contributed by atoms with Crippen molar-refractivity contribution in [2.75, 3.05) is 23.8 Å². The maximum atomic E-state index is 5.57. The zero-order valence-electron chi connectivity index (χ0n) is 25.1. The summed E-state index contributed by atoms with van der Waals surface area (Å²) in [6.45, 7) is 9.66. The maximum Gasteiger partial charge on any atom is 0.157 e. The molecule has 0 radical (unpaired) electrons. The van der Waals surface area contributed by atoms with Gasteiger partial charge >= 0.3 is 0 Å². The molecule has 0 amide bonds. The number of imidazole rings is 1. The van der Waals surface area contributed by atoms with Gasteiger partial charge in [0, 0.05) is 53.2 Å². The van der Waals surface area contributed by atoms with Gasteiger partial charge in [-0.05, 0) is 98.8 Å². The molecule has 1 fully saturated rings. The monoisotopic (exact) mass is 571 g/mol. The second-order valence-corrected chi connectivity index (χ2v) is 10.7. The number of fused-ring (bicyclic) bond motifs is 2. The Morgan fingerprint density at radius 3 is 2.33 bits per heavy atom. The number of aromatic nitrogens is 5. The molecule has 1 saturated heterocycles. The molecular formula is C35H37N7O. The highest BCUT2D eigenvalue weighted by Crippen LogP contribution is 2.33. The van der Waals surface area contributed by atoms with Crippen molar-refractivity contribution >= 4 is 44.7 Å². The zero-order valence-corrected chi connectivity index (χ0v) is 25.1. The predicted molar refractivity (Wildman–Crippen MR) is 175 cm³/mol. The van der Waals surface area contributed by atoms with Gasteiger partial charge in [0.25, 0.3) is 0 Å². The third-order valence-electron chi connectivity index (χ3n) is 7.61. The molecule has 0 atom stereocenters. The van der Waals surface area contributed by atoms with Crippen molar-refractivity contribution in [1.82, 2.24) is 24.9 Å². The molecule has 1 aliphatic heterocycles. The number of aryl methyl sites for hydroxylation is 2.